The summed E-state index contributed by atoms with van der Waals surface area (Å²) in [5, 5.41) is 18.5. The lowest BCUT2D eigenvalue weighted by molar-refractivity contribution is -0.149. The molecule has 0 saturated heterocycles. The maximum Gasteiger partial charge on any atom is 0.381 e. The summed E-state index contributed by atoms with van der Waals surface area (Å²) in [5.41, 5.74) is 0.0946. The molecule has 0 saturated carbocycles. The molecule has 0 aromatic heterocycles. The van der Waals surface area contributed by atoms with Crippen molar-refractivity contribution in [3.05, 3.63) is 64.8 Å². The van der Waals surface area contributed by atoms with E-state index in [1.807, 2.05) is 0 Å². The van der Waals surface area contributed by atoms with Gasteiger partial charge in [-0.05, 0) is 48.5 Å². The van der Waals surface area contributed by atoms with Crippen molar-refractivity contribution in [3.8, 4) is 5.75 Å². The number of hydrogen-bond acceptors (Lipinski definition) is 7. The Kier molecular flexibility index (Phi) is 6.46. The van der Waals surface area contributed by atoms with Crippen molar-refractivity contribution < 1.29 is 24.2 Å². The Morgan fingerprint density at radius 3 is 2.15 bits per heavy atom. The summed E-state index contributed by atoms with van der Waals surface area (Å²) in [6.45, 7) is 0. The normalized spacial score (nSPS) is 11.8. The zero-order chi connectivity index (χ0) is 19.1. The van der Waals surface area contributed by atoms with Crippen LogP contribution in [-0.2, 0) is 14.3 Å². The standard InChI is InChI=1S/C18H15ClN2O5/c1-25-14-9-3-11(4-10-14)16(22)15(17(23)18(24)26-2)21-20-13-7-5-12(19)6-8-13/h3-10,22H,1-2H3. The number of benzene rings is 2. The van der Waals surface area contributed by atoms with E-state index in [1.165, 1.54) is 19.2 Å². The molecule has 8 heteroatoms. The SMILES string of the molecule is COC(=O)C(=O)C(N=Nc1ccc(Cl)cc1)=C(O)c1ccc(OC)cc1. The largest absolute Gasteiger partial charge is 0.505 e. The quantitative estimate of drug-likeness (QED) is 0.270. The van der Waals surface area contributed by atoms with Crippen LogP contribution in [0.2, 0.25) is 5.02 Å². The van der Waals surface area contributed by atoms with Gasteiger partial charge in [-0.15, -0.1) is 5.11 Å². The number of halogens is 1. The van der Waals surface area contributed by atoms with Crippen molar-refractivity contribution >= 4 is 34.8 Å². The first-order valence-corrected chi connectivity index (χ1v) is 7.71. The molecular weight excluding hydrogens is 360 g/mol. The highest BCUT2D eigenvalue weighted by molar-refractivity contribution is 6.41. The van der Waals surface area contributed by atoms with Gasteiger partial charge in [-0.2, -0.15) is 5.11 Å². The monoisotopic (exact) mass is 374 g/mol. The molecule has 2 aromatic carbocycles. The second-order valence-electron chi connectivity index (χ2n) is 4.92. The Bertz CT molecular complexity index is 858. The van der Waals surface area contributed by atoms with Gasteiger partial charge in [-0.3, -0.25) is 4.79 Å². The Hall–Kier alpha value is -3.19. The fraction of sp³-hybridized carbons (Fsp3) is 0.111. The molecule has 0 spiro atoms. The van der Waals surface area contributed by atoms with Crippen LogP contribution in [0, 0.1) is 0 Å². The van der Waals surface area contributed by atoms with Crippen LogP contribution >= 0.6 is 11.6 Å². The van der Waals surface area contributed by atoms with Crippen molar-refractivity contribution in [3.63, 3.8) is 0 Å². The number of Topliss-reactive ketones (excluding diaryl/α,β-unsaturated/α-hetero) is 1. The van der Waals surface area contributed by atoms with Crippen LogP contribution in [0.3, 0.4) is 0 Å². The first kappa shape index (κ1) is 19.1. The van der Waals surface area contributed by atoms with E-state index in [1.54, 1.807) is 36.4 Å². The summed E-state index contributed by atoms with van der Waals surface area (Å²) in [4.78, 5) is 23.8. The van der Waals surface area contributed by atoms with Gasteiger partial charge in [0.05, 0.1) is 19.9 Å². The Labute approximate surface area is 154 Å². The highest BCUT2D eigenvalue weighted by atomic mass is 35.5. The smallest absolute Gasteiger partial charge is 0.381 e. The molecule has 2 aromatic rings. The van der Waals surface area contributed by atoms with Gasteiger partial charge in [-0.25, -0.2) is 4.79 Å². The zero-order valence-corrected chi connectivity index (χ0v) is 14.7. The fourth-order valence-electron chi connectivity index (χ4n) is 1.89. The number of hydrogen-bond donors (Lipinski definition) is 1. The Morgan fingerprint density at radius 1 is 1.00 bits per heavy atom. The number of aliphatic hydroxyl groups is 1. The molecule has 7 nitrogen and oxygen atoms in total. The number of rotatable bonds is 6. The van der Waals surface area contributed by atoms with E-state index in [0.29, 0.717) is 16.5 Å². The van der Waals surface area contributed by atoms with E-state index in [0.717, 1.165) is 7.11 Å². The molecule has 26 heavy (non-hydrogen) atoms. The molecule has 0 bridgehead atoms. The predicted octanol–water partition coefficient (Wildman–Crippen LogP) is 4.10. The van der Waals surface area contributed by atoms with Gasteiger partial charge >= 0.3 is 5.97 Å². The number of azo groups is 1. The molecule has 0 atom stereocenters. The lowest BCUT2D eigenvalue weighted by Crippen LogP contribution is -2.18. The molecule has 0 aliphatic rings. The van der Waals surface area contributed by atoms with Crippen LogP contribution in [0.5, 0.6) is 5.75 Å². The first-order chi connectivity index (χ1) is 12.5. The van der Waals surface area contributed by atoms with E-state index in [-0.39, 0.29) is 5.56 Å². The summed E-state index contributed by atoms with van der Waals surface area (Å²) in [6, 6.07) is 12.5. The number of methoxy groups -OCH3 is 2. The third kappa shape index (κ3) is 4.67. The maximum absolute atomic E-state index is 12.2. The van der Waals surface area contributed by atoms with Crippen molar-refractivity contribution in [1.29, 1.82) is 0 Å². The molecule has 0 radical (unpaired) electrons. The molecule has 0 amide bonds. The van der Waals surface area contributed by atoms with Crippen molar-refractivity contribution in [2.45, 2.75) is 0 Å². The van der Waals surface area contributed by atoms with Crippen LogP contribution in [0.4, 0.5) is 5.69 Å². The second kappa shape index (κ2) is 8.77. The molecule has 134 valence electrons. The Balaban J connectivity index is 2.46. The van der Waals surface area contributed by atoms with Crippen LogP contribution in [0.1, 0.15) is 5.56 Å². The van der Waals surface area contributed by atoms with Crippen LogP contribution in [-0.4, -0.2) is 31.1 Å². The first-order valence-electron chi connectivity index (χ1n) is 7.34. The topological polar surface area (TPSA) is 97.6 Å². The summed E-state index contributed by atoms with van der Waals surface area (Å²) in [5.74, 6) is -2.25. The molecule has 2 rings (SSSR count). The molecule has 0 unspecified atom stereocenters. The summed E-state index contributed by atoms with van der Waals surface area (Å²) in [6.07, 6.45) is 0. The van der Waals surface area contributed by atoms with Gasteiger partial charge in [0.25, 0.3) is 5.78 Å². The highest BCUT2D eigenvalue weighted by Crippen LogP contribution is 2.23. The minimum absolute atomic E-state index is 0.258. The number of esters is 1. The van der Waals surface area contributed by atoms with E-state index in [4.69, 9.17) is 16.3 Å². The van der Waals surface area contributed by atoms with Gasteiger partial charge in [-0.1, -0.05) is 11.6 Å². The van der Waals surface area contributed by atoms with Crippen LogP contribution in [0.15, 0.2) is 64.5 Å². The number of aliphatic hydroxyl groups excluding tert-OH is 1. The van der Waals surface area contributed by atoms with Crippen molar-refractivity contribution in [2.75, 3.05) is 14.2 Å². The number of ether oxygens (including phenoxy) is 2. The maximum atomic E-state index is 12.2. The molecule has 1 N–H and O–H groups in total. The number of ketones is 1. The number of nitrogens with zero attached hydrogens (tertiary/aromatic N) is 2. The van der Waals surface area contributed by atoms with Gasteiger partial charge in [0.15, 0.2) is 11.5 Å². The van der Waals surface area contributed by atoms with E-state index in [9.17, 15) is 14.7 Å². The van der Waals surface area contributed by atoms with Gasteiger partial charge in [0.2, 0.25) is 0 Å². The lowest BCUT2D eigenvalue weighted by Gasteiger charge is -2.06. The lowest BCUT2D eigenvalue weighted by atomic mass is 10.1. The van der Waals surface area contributed by atoms with Gasteiger partial charge in [0, 0.05) is 10.6 Å². The molecule has 0 heterocycles. The van der Waals surface area contributed by atoms with Crippen molar-refractivity contribution in [2.24, 2.45) is 10.2 Å². The number of carbonyl (C=O) groups excluding carboxylic acids is 2. The average Bonchev–Trinajstić information content (AvgIpc) is 2.68. The third-order valence-corrected chi connectivity index (χ3v) is 3.52. The molecular formula is C18H15ClN2O5. The zero-order valence-electron chi connectivity index (χ0n) is 14.0. The Morgan fingerprint density at radius 2 is 1.62 bits per heavy atom. The summed E-state index contributed by atoms with van der Waals surface area (Å²) >= 11 is 5.79. The van der Waals surface area contributed by atoms with Crippen molar-refractivity contribution in [1.82, 2.24) is 0 Å². The van der Waals surface area contributed by atoms with E-state index >= 15 is 0 Å². The molecule has 0 aliphatic carbocycles. The summed E-state index contributed by atoms with van der Waals surface area (Å²) in [7, 11) is 2.55. The van der Waals surface area contributed by atoms with Gasteiger partial charge < -0.3 is 14.6 Å². The van der Waals surface area contributed by atoms with Gasteiger partial charge in [0.1, 0.15) is 5.75 Å². The van der Waals surface area contributed by atoms with E-state index < -0.39 is 23.2 Å². The minimum atomic E-state index is -1.17. The molecule has 0 aliphatic heterocycles. The molecule has 0 fully saturated rings. The van der Waals surface area contributed by atoms with Crippen LogP contribution in [0.25, 0.3) is 5.76 Å². The third-order valence-electron chi connectivity index (χ3n) is 3.27. The fourth-order valence-corrected chi connectivity index (χ4v) is 2.02. The highest BCUT2D eigenvalue weighted by Gasteiger charge is 2.25. The predicted molar refractivity (Wildman–Crippen MR) is 95.5 cm³/mol. The van der Waals surface area contributed by atoms with Crippen LogP contribution < -0.4 is 4.74 Å². The number of carbonyl (C=O) groups is 2. The minimum Gasteiger partial charge on any atom is -0.505 e. The summed E-state index contributed by atoms with van der Waals surface area (Å²) < 4.78 is 9.45. The van der Waals surface area contributed by atoms with E-state index in [2.05, 4.69) is 15.0 Å². The second-order valence-corrected chi connectivity index (χ2v) is 5.36. The average molecular weight is 375 g/mol.